The third-order valence-electron chi connectivity index (χ3n) is 5.26. The van der Waals surface area contributed by atoms with Gasteiger partial charge in [0, 0.05) is 24.4 Å². The van der Waals surface area contributed by atoms with E-state index in [1.54, 1.807) is 16.8 Å². The molecule has 0 radical (unpaired) electrons. The van der Waals surface area contributed by atoms with Crippen LogP contribution in [0.1, 0.15) is 56.3 Å². The molecule has 0 saturated carbocycles. The van der Waals surface area contributed by atoms with Crippen LogP contribution in [0.15, 0.2) is 28.9 Å². The zero-order chi connectivity index (χ0) is 20.4. The Kier molecular flexibility index (Phi) is 5.61. The van der Waals surface area contributed by atoms with Gasteiger partial charge in [0.05, 0.1) is 23.5 Å². The quantitative estimate of drug-likeness (QED) is 0.624. The molecule has 0 unspecified atom stereocenters. The number of alkyl halides is 2. The van der Waals surface area contributed by atoms with Crippen molar-refractivity contribution in [2.24, 2.45) is 0 Å². The number of nitrogens with zero attached hydrogens (tertiary/aromatic N) is 7. The van der Waals surface area contributed by atoms with Gasteiger partial charge in [0.2, 0.25) is 5.89 Å². The standard InChI is InChI=1S/C19H23F2N7O/c1-12(2)27-7-5-13(6-8-27)16-11-28(26-23-16)10-15-4-3-14(9-22-15)18-24-25-19(29-18)17(20)21/h3-4,9,11-13,17H,5-8,10H2,1-2H3. The highest BCUT2D eigenvalue weighted by Crippen LogP contribution is 2.27. The van der Waals surface area contributed by atoms with E-state index in [4.69, 9.17) is 4.42 Å². The summed E-state index contributed by atoms with van der Waals surface area (Å²) in [6.07, 6.45) is 2.90. The SMILES string of the molecule is CC(C)N1CCC(c2cn(Cc3ccc(-c4nnc(C(F)F)o4)cn3)nn2)CC1. The van der Waals surface area contributed by atoms with Crippen molar-refractivity contribution in [3.8, 4) is 11.5 Å². The van der Waals surface area contributed by atoms with Crippen LogP contribution < -0.4 is 0 Å². The highest BCUT2D eigenvalue weighted by atomic mass is 19.3. The normalized spacial score (nSPS) is 16.2. The minimum atomic E-state index is -2.79. The molecule has 10 heteroatoms. The molecule has 0 N–H and O–H groups in total. The van der Waals surface area contributed by atoms with E-state index < -0.39 is 12.3 Å². The Bertz CT molecular complexity index is 930. The molecule has 4 rings (SSSR count). The molecule has 1 saturated heterocycles. The minimum Gasteiger partial charge on any atom is -0.415 e. The molecule has 29 heavy (non-hydrogen) atoms. The second-order valence-electron chi connectivity index (χ2n) is 7.53. The van der Waals surface area contributed by atoms with Gasteiger partial charge in [-0.1, -0.05) is 5.21 Å². The van der Waals surface area contributed by atoms with Crippen LogP contribution >= 0.6 is 0 Å². The van der Waals surface area contributed by atoms with Crippen LogP contribution in [-0.4, -0.2) is 54.2 Å². The summed E-state index contributed by atoms with van der Waals surface area (Å²) >= 11 is 0. The molecule has 0 bridgehead atoms. The van der Waals surface area contributed by atoms with Crippen LogP contribution in [-0.2, 0) is 6.54 Å². The molecule has 0 amide bonds. The second-order valence-corrected chi connectivity index (χ2v) is 7.53. The Morgan fingerprint density at radius 1 is 1.14 bits per heavy atom. The molecule has 1 aliphatic rings. The number of halogens is 2. The van der Waals surface area contributed by atoms with E-state index in [-0.39, 0.29) is 5.89 Å². The van der Waals surface area contributed by atoms with E-state index in [1.807, 2.05) is 6.20 Å². The molecule has 3 aromatic rings. The summed E-state index contributed by atoms with van der Waals surface area (Å²) in [5.74, 6) is -0.232. The molecule has 4 heterocycles. The zero-order valence-corrected chi connectivity index (χ0v) is 16.4. The molecule has 0 aromatic carbocycles. The lowest BCUT2D eigenvalue weighted by molar-refractivity contribution is 0.116. The topological polar surface area (TPSA) is 85.8 Å². The average Bonchev–Trinajstić information content (AvgIpc) is 3.39. The van der Waals surface area contributed by atoms with Gasteiger partial charge in [0.1, 0.15) is 0 Å². The molecule has 8 nitrogen and oxygen atoms in total. The lowest BCUT2D eigenvalue weighted by Crippen LogP contribution is -2.37. The van der Waals surface area contributed by atoms with Crippen molar-refractivity contribution < 1.29 is 13.2 Å². The molecule has 0 spiro atoms. The van der Waals surface area contributed by atoms with E-state index >= 15 is 0 Å². The monoisotopic (exact) mass is 403 g/mol. The molecular weight excluding hydrogens is 380 g/mol. The first-order chi connectivity index (χ1) is 14.0. The predicted octanol–water partition coefficient (Wildman–Crippen LogP) is 3.30. The summed E-state index contributed by atoms with van der Waals surface area (Å²) in [6.45, 7) is 7.10. The summed E-state index contributed by atoms with van der Waals surface area (Å²) in [4.78, 5) is 6.83. The molecular formula is C19H23F2N7O. The highest BCUT2D eigenvalue weighted by molar-refractivity contribution is 5.50. The highest BCUT2D eigenvalue weighted by Gasteiger charge is 2.24. The smallest absolute Gasteiger partial charge is 0.314 e. The van der Waals surface area contributed by atoms with Crippen LogP contribution in [0, 0.1) is 0 Å². The molecule has 154 valence electrons. The predicted molar refractivity (Wildman–Crippen MR) is 100 cm³/mol. The number of hydrogen-bond donors (Lipinski definition) is 0. The van der Waals surface area contributed by atoms with Crippen molar-refractivity contribution in [3.63, 3.8) is 0 Å². The zero-order valence-electron chi connectivity index (χ0n) is 16.4. The fourth-order valence-electron chi connectivity index (χ4n) is 3.54. The Hall–Kier alpha value is -2.75. The summed E-state index contributed by atoms with van der Waals surface area (Å²) in [5.41, 5.74) is 2.29. The van der Waals surface area contributed by atoms with Gasteiger partial charge < -0.3 is 9.32 Å². The molecule has 1 fully saturated rings. The van der Waals surface area contributed by atoms with Gasteiger partial charge in [-0.25, -0.2) is 4.68 Å². The lowest BCUT2D eigenvalue weighted by atomic mass is 9.93. The maximum atomic E-state index is 12.6. The van der Waals surface area contributed by atoms with Crippen molar-refractivity contribution in [2.75, 3.05) is 13.1 Å². The number of aromatic nitrogens is 6. The summed E-state index contributed by atoms with van der Waals surface area (Å²) in [6, 6.07) is 4.07. The van der Waals surface area contributed by atoms with Crippen LogP contribution in [0.25, 0.3) is 11.5 Å². The van der Waals surface area contributed by atoms with Crippen LogP contribution in [0.2, 0.25) is 0 Å². The van der Waals surface area contributed by atoms with Crippen LogP contribution in [0.4, 0.5) is 8.78 Å². The maximum absolute atomic E-state index is 12.6. The van der Waals surface area contributed by atoms with Crippen molar-refractivity contribution in [2.45, 2.75) is 51.6 Å². The number of likely N-dealkylation sites (tertiary alicyclic amines) is 1. The first-order valence-electron chi connectivity index (χ1n) is 9.70. The molecule has 0 aliphatic carbocycles. The number of pyridine rings is 1. The van der Waals surface area contributed by atoms with Crippen molar-refractivity contribution >= 4 is 0 Å². The van der Waals surface area contributed by atoms with E-state index in [9.17, 15) is 8.78 Å². The lowest BCUT2D eigenvalue weighted by Gasteiger charge is -2.33. The Balaban J connectivity index is 1.37. The van der Waals surface area contributed by atoms with Gasteiger partial charge in [0.15, 0.2) is 0 Å². The summed E-state index contributed by atoms with van der Waals surface area (Å²) in [5, 5.41) is 15.5. The third kappa shape index (κ3) is 4.47. The average molecular weight is 403 g/mol. The minimum absolute atomic E-state index is 0.0233. The second kappa shape index (κ2) is 8.32. The first-order valence-corrected chi connectivity index (χ1v) is 9.70. The Morgan fingerprint density at radius 2 is 1.93 bits per heavy atom. The number of hydrogen-bond acceptors (Lipinski definition) is 7. The van der Waals surface area contributed by atoms with E-state index in [2.05, 4.69) is 44.2 Å². The third-order valence-corrected chi connectivity index (χ3v) is 5.26. The first kappa shape index (κ1) is 19.6. The van der Waals surface area contributed by atoms with Gasteiger partial charge in [-0.05, 0) is 51.9 Å². The fourth-order valence-corrected chi connectivity index (χ4v) is 3.54. The van der Waals surface area contributed by atoms with Gasteiger partial charge in [-0.2, -0.15) is 8.78 Å². The van der Waals surface area contributed by atoms with Gasteiger partial charge in [-0.15, -0.1) is 15.3 Å². The molecule has 0 atom stereocenters. The largest absolute Gasteiger partial charge is 0.415 e. The van der Waals surface area contributed by atoms with Gasteiger partial charge in [-0.3, -0.25) is 4.98 Å². The summed E-state index contributed by atoms with van der Waals surface area (Å²) in [7, 11) is 0. The van der Waals surface area contributed by atoms with Gasteiger partial charge in [0.25, 0.3) is 5.89 Å². The van der Waals surface area contributed by atoms with E-state index in [1.165, 1.54) is 6.20 Å². The number of piperidine rings is 1. The molecule has 1 aliphatic heterocycles. The summed E-state index contributed by atoms with van der Waals surface area (Å²) < 4.78 is 31.8. The van der Waals surface area contributed by atoms with E-state index in [0.717, 1.165) is 37.3 Å². The molecule has 3 aromatic heterocycles. The Morgan fingerprint density at radius 3 is 2.55 bits per heavy atom. The van der Waals surface area contributed by atoms with Crippen molar-refractivity contribution in [3.05, 3.63) is 41.8 Å². The van der Waals surface area contributed by atoms with Crippen molar-refractivity contribution in [1.82, 2.24) is 35.1 Å². The van der Waals surface area contributed by atoms with Gasteiger partial charge >= 0.3 is 6.43 Å². The maximum Gasteiger partial charge on any atom is 0.314 e. The van der Waals surface area contributed by atoms with Crippen molar-refractivity contribution in [1.29, 1.82) is 0 Å². The van der Waals surface area contributed by atoms with E-state index in [0.29, 0.717) is 24.1 Å². The van der Waals surface area contributed by atoms with Crippen LogP contribution in [0.5, 0.6) is 0 Å². The van der Waals surface area contributed by atoms with Crippen LogP contribution in [0.3, 0.4) is 0 Å². The Labute approximate surface area is 166 Å². The number of rotatable bonds is 6. The fraction of sp³-hybridized carbons (Fsp3) is 0.526.